The van der Waals surface area contributed by atoms with Crippen LogP contribution in [0.4, 0.5) is 4.39 Å². The highest BCUT2D eigenvalue weighted by Crippen LogP contribution is 2.28. The van der Waals surface area contributed by atoms with Crippen LogP contribution in [0.3, 0.4) is 0 Å². The van der Waals surface area contributed by atoms with Gasteiger partial charge in [0, 0.05) is 12.5 Å². The van der Waals surface area contributed by atoms with E-state index in [9.17, 15) is 9.50 Å². The highest BCUT2D eigenvalue weighted by atomic mass is 79.9. The fourth-order valence-electron chi connectivity index (χ4n) is 2.49. The lowest BCUT2D eigenvalue weighted by Gasteiger charge is -2.16. The van der Waals surface area contributed by atoms with Gasteiger partial charge >= 0.3 is 0 Å². The number of halogens is 2. The molecule has 0 bridgehead atoms. The van der Waals surface area contributed by atoms with Gasteiger partial charge in [0.05, 0.1) is 22.5 Å². The Balaban J connectivity index is 2.32. The number of aryl methyl sites for hydroxylation is 2. The van der Waals surface area contributed by atoms with Gasteiger partial charge < -0.3 is 5.11 Å². The van der Waals surface area contributed by atoms with Gasteiger partial charge in [0.2, 0.25) is 0 Å². The van der Waals surface area contributed by atoms with Crippen molar-refractivity contribution in [1.29, 1.82) is 0 Å². The Labute approximate surface area is 132 Å². The maximum Gasteiger partial charge on any atom is 0.123 e. The maximum atomic E-state index is 13.4. The predicted octanol–water partition coefficient (Wildman–Crippen LogP) is 3.69. The molecule has 1 aromatic heterocycles. The summed E-state index contributed by atoms with van der Waals surface area (Å²) in [6.45, 7) is 4.85. The molecule has 0 fully saturated rings. The summed E-state index contributed by atoms with van der Waals surface area (Å²) in [5.41, 5.74) is 2.88. The third kappa shape index (κ3) is 3.52. The first-order valence-electron chi connectivity index (χ1n) is 7.21. The number of aliphatic hydroxyl groups excluding tert-OH is 1. The van der Waals surface area contributed by atoms with Crippen molar-refractivity contribution in [3.63, 3.8) is 0 Å². The minimum absolute atomic E-state index is 0.0216. The van der Waals surface area contributed by atoms with Gasteiger partial charge in [0.25, 0.3) is 0 Å². The lowest BCUT2D eigenvalue weighted by atomic mass is 9.94. The Morgan fingerprint density at radius 2 is 2.14 bits per heavy atom. The fourth-order valence-corrected chi connectivity index (χ4v) is 3.22. The number of rotatable bonds is 6. The molecule has 1 N–H and O–H groups in total. The van der Waals surface area contributed by atoms with Crippen LogP contribution < -0.4 is 0 Å². The van der Waals surface area contributed by atoms with Crippen molar-refractivity contribution in [2.45, 2.75) is 39.2 Å². The third-order valence-electron chi connectivity index (χ3n) is 3.67. The standard InChI is InChI=1S/C16H20BrFN2O/c1-3-14-16(17)15(20(4-2)19-14)9-12(10-21)11-6-5-7-13(18)8-11/h5-8,12,21H,3-4,9-10H2,1-2H3. The summed E-state index contributed by atoms with van der Waals surface area (Å²) in [5, 5.41) is 14.2. The van der Waals surface area contributed by atoms with Gasteiger partial charge in [-0.1, -0.05) is 19.1 Å². The minimum atomic E-state index is -0.275. The minimum Gasteiger partial charge on any atom is -0.396 e. The van der Waals surface area contributed by atoms with Gasteiger partial charge in [-0.05, 0) is 53.4 Å². The Hall–Kier alpha value is -1.20. The second-order valence-electron chi connectivity index (χ2n) is 5.02. The smallest absolute Gasteiger partial charge is 0.123 e. The van der Waals surface area contributed by atoms with Gasteiger partial charge in [-0.25, -0.2) is 4.39 Å². The first-order valence-corrected chi connectivity index (χ1v) is 8.00. The van der Waals surface area contributed by atoms with Crippen LogP contribution >= 0.6 is 15.9 Å². The molecule has 2 aromatic rings. The van der Waals surface area contributed by atoms with E-state index in [0.717, 1.165) is 34.4 Å². The zero-order chi connectivity index (χ0) is 15.4. The number of hydrogen-bond acceptors (Lipinski definition) is 2. The highest BCUT2D eigenvalue weighted by Gasteiger charge is 2.19. The largest absolute Gasteiger partial charge is 0.396 e. The zero-order valence-corrected chi connectivity index (χ0v) is 13.9. The molecule has 0 aliphatic heterocycles. The topological polar surface area (TPSA) is 38.0 Å². The molecule has 1 atom stereocenters. The predicted molar refractivity (Wildman–Crippen MR) is 84.9 cm³/mol. The van der Waals surface area contributed by atoms with Crippen molar-refractivity contribution in [2.75, 3.05) is 6.61 Å². The highest BCUT2D eigenvalue weighted by molar-refractivity contribution is 9.10. The molecule has 1 heterocycles. The van der Waals surface area contributed by atoms with Crippen LogP contribution in [-0.2, 0) is 19.4 Å². The molecule has 5 heteroatoms. The molecular weight excluding hydrogens is 335 g/mol. The molecule has 0 saturated heterocycles. The summed E-state index contributed by atoms with van der Waals surface area (Å²) in [5.74, 6) is -0.410. The van der Waals surface area contributed by atoms with E-state index < -0.39 is 0 Å². The van der Waals surface area contributed by atoms with E-state index in [1.165, 1.54) is 12.1 Å². The van der Waals surface area contributed by atoms with E-state index in [-0.39, 0.29) is 18.3 Å². The summed E-state index contributed by atoms with van der Waals surface area (Å²) < 4.78 is 16.3. The number of benzene rings is 1. The molecule has 1 aromatic carbocycles. The summed E-state index contributed by atoms with van der Waals surface area (Å²) in [7, 11) is 0. The van der Waals surface area contributed by atoms with Gasteiger partial charge in [0.1, 0.15) is 5.82 Å². The van der Waals surface area contributed by atoms with Crippen molar-refractivity contribution in [3.05, 3.63) is 51.5 Å². The molecule has 0 radical (unpaired) electrons. The van der Waals surface area contributed by atoms with Crippen LogP contribution in [0, 0.1) is 5.82 Å². The van der Waals surface area contributed by atoms with Crippen molar-refractivity contribution < 1.29 is 9.50 Å². The Kier molecular flexibility index (Phi) is 5.53. The molecule has 21 heavy (non-hydrogen) atoms. The van der Waals surface area contributed by atoms with E-state index in [1.807, 2.05) is 17.7 Å². The summed E-state index contributed by atoms with van der Waals surface area (Å²) in [4.78, 5) is 0. The Morgan fingerprint density at radius 3 is 2.71 bits per heavy atom. The van der Waals surface area contributed by atoms with Crippen molar-refractivity contribution in [2.24, 2.45) is 0 Å². The molecule has 0 aliphatic rings. The lowest BCUT2D eigenvalue weighted by molar-refractivity contribution is 0.262. The third-order valence-corrected chi connectivity index (χ3v) is 4.59. The van der Waals surface area contributed by atoms with Crippen LogP contribution in [0.25, 0.3) is 0 Å². The number of hydrogen-bond donors (Lipinski definition) is 1. The van der Waals surface area contributed by atoms with E-state index in [0.29, 0.717) is 6.42 Å². The van der Waals surface area contributed by atoms with Crippen molar-refractivity contribution >= 4 is 15.9 Å². The second-order valence-corrected chi connectivity index (χ2v) is 5.81. The van der Waals surface area contributed by atoms with Gasteiger partial charge in [-0.15, -0.1) is 0 Å². The SMILES string of the molecule is CCc1nn(CC)c(CC(CO)c2cccc(F)c2)c1Br. The quantitative estimate of drug-likeness (QED) is 0.858. The average molecular weight is 355 g/mol. The fraction of sp³-hybridized carbons (Fsp3) is 0.438. The van der Waals surface area contributed by atoms with E-state index in [2.05, 4.69) is 28.0 Å². The second kappa shape index (κ2) is 7.18. The summed E-state index contributed by atoms with van der Waals surface area (Å²) >= 11 is 3.61. The average Bonchev–Trinajstić information content (AvgIpc) is 2.80. The molecule has 2 rings (SSSR count). The molecule has 0 saturated carbocycles. The van der Waals surface area contributed by atoms with Crippen LogP contribution in [0.2, 0.25) is 0 Å². The monoisotopic (exact) mass is 354 g/mol. The first-order chi connectivity index (χ1) is 10.1. The number of aromatic nitrogens is 2. The molecule has 3 nitrogen and oxygen atoms in total. The van der Waals surface area contributed by atoms with Crippen LogP contribution in [0.1, 0.15) is 36.7 Å². The number of aliphatic hydroxyl groups is 1. The van der Waals surface area contributed by atoms with Crippen LogP contribution in [0.15, 0.2) is 28.7 Å². The zero-order valence-electron chi connectivity index (χ0n) is 12.3. The normalized spacial score (nSPS) is 12.6. The van der Waals surface area contributed by atoms with Crippen molar-refractivity contribution in [3.8, 4) is 0 Å². The van der Waals surface area contributed by atoms with E-state index >= 15 is 0 Å². The van der Waals surface area contributed by atoms with Gasteiger partial charge in [-0.3, -0.25) is 4.68 Å². The van der Waals surface area contributed by atoms with E-state index in [1.54, 1.807) is 6.07 Å². The molecular formula is C16H20BrFN2O. The Bertz CT molecular complexity index is 612. The maximum absolute atomic E-state index is 13.4. The number of nitrogens with zero attached hydrogens (tertiary/aromatic N) is 2. The lowest BCUT2D eigenvalue weighted by Crippen LogP contribution is -2.12. The molecule has 1 unspecified atom stereocenters. The molecule has 0 spiro atoms. The van der Waals surface area contributed by atoms with Crippen molar-refractivity contribution in [1.82, 2.24) is 9.78 Å². The van der Waals surface area contributed by atoms with Crippen LogP contribution in [-0.4, -0.2) is 21.5 Å². The van der Waals surface area contributed by atoms with E-state index in [4.69, 9.17) is 0 Å². The molecule has 0 amide bonds. The first kappa shape index (κ1) is 16.2. The Morgan fingerprint density at radius 1 is 1.38 bits per heavy atom. The summed E-state index contributed by atoms with van der Waals surface area (Å²) in [6.07, 6.45) is 1.48. The van der Waals surface area contributed by atoms with Gasteiger partial charge in [0.15, 0.2) is 0 Å². The summed E-state index contributed by atoms with van der Waals surface area (Å²) in [6, 6.07) is 6.43. The molecule has 0 aliphatic carbocycles. The van der Waals surface area contributed by atoms with Crippen LogP contribution in [0.5, 0.6) is 0 Å². The molecule has 114 valence electrons. The van der Waals surface area contributed by atoms with Gasteiger partial charge in [-0.2, -0.15) is 5.10 Å².